The van der Waals surface area contributed by atoms with Crippen molar-refractivity contribution in [2.75, 3.05) is 6.54 Å². The zero-order valence-electron chi connectivity index (χ0n) is 13.0. The summed E-state index contributed by atoms with van der Waals surface area (Å²) in [5.74, 6) is 0.0890. The smallest absolute Gasteiger partial charge is 0.277 e. The molecule has 1 atom stereocenters. The summed E-state index contributed by atoms with van der Waals surface area (Å²) in [4.78, 5) is -0.0693. The van der Waals surface area contributed by atoms with E-state index in [-0.39, 0.29) is 17.2 Å². The highest BCUT2D eigenvalue weighted by molar-refractivity contribution is 7.89. The number of primary sulfonamides is 1. The van der Waals surface area contributed by atoms with Crippen LogP contribution in [0.2, 0.25) is 0 Å². The van der Waals surface area contributed by atoms with E-state index in [4.69, 9.17) is 10.3 Å². The second-order valence-corrected chi connectivity index (χ2v) is 8.87. The fourth-order valence-corrected chi connectivity index (χ4v) is 4.44. The van der Waals surface area contributed by atoms with Crippen LogP contribution in [0.5, 0.6) is 5.75 Å². The van der Waals surface area contributed by atoms with E-state index >= 15 is 0 Å². The lowest BCUT2D eigenvalue weighted by atomic mass is 9.90. The van der Waals surface area contributed by atoms with E-state index in [0.717, 1.165) is 9.87 Å². The summed E-state index contributed by atoms with van der Waals surface area (Å²) in [7, 11) is -7.83. The third-order valence-corrected chi connectivity index (χ3v) is 6.14. The quantitative estimate of drug-likeness (QED) is 0.693. The Kier molecular flexibility index (Phi) is 4.33. The second-order valence-electron chi connectivity index (χ2n) is 5.81. The first-order chi connectivity index (χ1) is 11.6. The minimum Gasteiger partial charge on any atom is -0.508 e. The lowest BCUT2D eigenvalue weighted by molar-refractivity contribution is 0.343. The van der Waals surface area contributed by atoms with Gasteiger partial charge in [-0.1, -0.05) is 18.2 Å². The third-order valence-electron chi connectivity index (χ3n) is 4.16. The Morgan fingerprint density at radius 3 is 2.20 bits per heavy atom. The Labute approximate surface area is 145 Å². The summed E-state index contributed by atoms with van der Waals surface area (Å²) in [6, 6.07) is 9.63. The molecule has 5 N–H and O–H groups in total. The van der Waals surface area contributed by atoms with Crippen molar-refractivity contribution in [3.05, 3.63) is 59.2 Å². The number of phenols is 1. The average Bonchev–Trinajstić information content (AvgIpc) is 2.52. The fraction of sp³-hybridized carbons (Fsp3) is 0.200. The summed E-state index contributed by atoms with van der Waals surface area (Å²) >= 11 is 0. The maximum Gasteiger partial charge on any atom is 0.277 e. The zero-order chi connectivity index (χ0) is 18.4. The van der Waals surface area contributed by atoms with Crippen molar-refractivity contribution in [1.82, 2.24) is 4.31 Å². The van der Waals surface area contributed by atoms with Crippen molar-refractivity contribution in [2.24, 2.45) is 10.3 Å². The average molecular weight is 383 g/mol. The van der Waals surface area contributed by atoms with Crippen molar-refractivity contribution in [3.63, 3.8) is 0 Å². The van der Waals surface area contributed by atoms with Gasteiger partial charge in [0, 0.05) is 6.54 Å². The molecule has 0 saturated heterocycles. The maximum atomic E-state index is 12.0. The molecule has 134 valence electrons. The molecule has 10 heteroatoms. The first-order valence-electron chi connectivity index (χ1n) is 7.31. The molecule has 1 aliphatic heterocycles. The third kappa shape index (κ3) is 3.53. The van der Waals surface area contributed by atoms with Gasteiger partial charge in [-0.15, -0.1) is 0 Å². The van der Waals surface area contributed by atoms with Gasteiger partial charge >= 0.3 is 0 Å². The first-order valence-corrected chi connectivity index (χ1v) is 10.4. The number of nitrogens with two attached hydrogens (primary N) is 2. The van der Waals surface area contributed by atoms with Gasteiger partial charge < -0.3 is 5.11 Å². The molecular formula is C15H17N3O5S2. The van der Waals surface area contributed by atoms with Crippen LogP contribution < -0.4 is 10.3 Å². The molecule has 0 spiro atoms. The van der Waals surface area contributed by atoms with Crippen molar-refractivity contribution < 1.29 is 21.9 Å². The van der Waals surface area contributed by atoms with E-state index < -0.39 is 26.3 Å². The van der Waals surface area contributed by atoms with E-state index in [2.05, 4.69) is 0 Å². The van der Waals surface area contributed by atoms with Gasteiger partial charge in [0.05, 0.1) is 10.9 Å². The first kappa shape index (κ1) is 17.8. The van der Waals surface area contributed by atoms with E-state index in [1.165, 1.54) is 30.3 Å². The Hall–Kier alpha value is -1.98. The Balaban J connectivity index is 2.15. The molecule has 25 heavy (non-hydrogen) atoms. The van der Waals surface area contributed by atoms with Gasteiger partial charge in [-0.05, 0) is 47.4 Å². The summed E-state index contributed by atoms with van der Waals surface area (Å²) in [6.07, 6.45) is 0.409. The molecule has 0 aliphatic carbocycles. The van der Waals surface area contributed by atoms with Crippen LogP contribution in [0.1, 0.15) is 22.7 Å². The fourth-order valence-electron chi connectivity index (χ4n) is 3.05. The van der Waals surface area contributed by atoms with Crippen molar-refractivity contribution >= 4 is 20.2 Å². The molecular weight excluding hydrogens is 366 g/mol. The number of phenolic OH excluding ortho intramolecular Hbond substituents is 1. The molecule has 0 aromatic heterocycles. The van der Waals surface area contributed by atoms with Crippen LogP contribution in [0.25, 0.3) is 0 Å². The minimum absolute atomic E-state index is 0.0693. The summed E-state index contributed by atoms with van der Waals surface area (Å²) in [5, 5.41) is 20.1. The number of benzene rings is 2. The molecule has 8 nitrogen and oxygen atoms in total. The molecule has 1 heterocycles. The topological polar surface area (TPSA) is 144 Å². The molecule has 0 saturated carbocycles. The minimum atomic E-state index is -3.99. The van der Waals surface area contributed by atoms with Gasteiger partial charge in [0.2, 0.25) is 10.0 Å². The molecule has 0 fully saturated rings. The number of hydrogen-bond acceptors (Lipinski definition) is 5. The number of aromatic hydroxyl groups is 1. The molecule has 0 bridgehead atoms. The van der Waals surface area contributed by atoms with Crippen molar-refractivity contribution in [3.8, 4) is 5.75 Å². The Bertz CT molecular complexity index is 1020. The van der Waals surface area contributed by atoms with Crippen LogP contribution in [-0.2, 0) is 26.7 Å². The molecule has 0 amide bonds. The Morgan fingerprint density at radius 2 is 1.64 bits per heavy atom. The highest BCUT2D eigenvalue weighted by atomic mass is 32.2. The van der Waals surface area contributed by atoms with Gasteiger partial charge in [0.1, 0.15) is 5.75 Å². The SMILES string of the molecule is NS(=O)(=O)c1ccc(C2c3ccc(O)cc3CCN2S(N)(=O)=O)cc1. The van der Waals surface area contributed by atoms with E-state index in [1.807, 2.05) is 0 Å². The van der Waals surface area contributed by atoms with E-state index in [9.17, 15) is 21.9 Å². The number of nitrogens with zero attached hydrogens (tertiary/aromatic N) is 1. The van der Waals surface area contributed by atoms with Gasteiger partial charge in [0.25, 0.3) is 10.2 Å². The molecule has 1 unspecified atom stereocenters. The standard InChI is InChI=1S/C15H17N3O5S2/c16-24(20,21)13-4-1-10(2-5-13)15-14-6-3-12(19)9-11(14)7-8-18(15)25(17,22)23/h1-6,9,15,19H,7-8H2,(H2,16,20,21)(H2,17,22,23). The van der Waals surface area contributed by atoms with E-state index in [0.29, 0.717) is 17.5 Å². The van der Waals surface area contributed by atoms with Gasteiger partial charge in [0.15, 0.2) is 0 Å². The largest absolute Gasteiger partial charge is 0.508 e. The van der Waals surface area contributed by atoms with Crippen LogP contribution in [0.15, 0.2) is 47.4 Å². The monoisotopic (exact) mass is 383 g/mol. The number of rotatable bonds is 3. The predicted molar refractivity (Wildman–Crippen MR) is 91.3 cm³/mol. The van der Waals surface area contributed by atoms with Crippen molar-refractivity contribution in [1.29, 1.82) is 0 Å². The predicted octanol–water partition coefficient (Wildman–Crippen LogP) is 0.191. The van der Waals surface area contributed by atoms with Gasteiger partial charge in [-0.3, -0.25) is 0 Å². The normalized spacial score (nSPS) is 18.7. The molecule has 2 aromatic carbocycles. The van der Waals surface area contributed by atoms with Crippen LogP contribution in [-0.4, -0.2) is 32.8 Å². The number of fused-ring (bicyclic) bond motifs is 1. The molecule has 0 radical (unpaired) electrons. The van der Waals surface area contributed by atoms with E-state index in [1.54, 1.807) is 12.1 Å². The van der Waals surface area contributed by atoms with Gasteiger partial charge in [-0.25, -0.2) is 18.7 Å². The summed E-state index contributed by atoms with van der Waals surface area (Å²) < 4.78 is 48.0. The number of sulfonamides is 1. The maximum absolute atomic E-state index is 12.0. The molecule has 1 aliphatic rings. The lowest BCUT2D eigenvalue weighted by Crippen LogP contribution is -2.44. The summed E-state index contributed by atoms with van der Waals surface area (Å²) in [5.41, 5.74) is 2.04. The number of hydrogen-bond donors (Lipinski definition) is 3. The molecule has 2 aromatic rings. The second kappa shape index (κ2) is 6.07. The highest BCUT2D eigenvalue weighted by Crippen LogP contribution is 2.37. The Morgan fingerprint density at radius 1 is 1.00 bits per heavy atom. The van der Waals surface area contributed by atoms with Crippen LogP contribution in [0.4, 0.5) is 0 Å². The van der Waals surface area contributed by atoms with Crippen LogP contribution in [0.3, 0.4) is 0 Å². The molecule has 3 rings (SSSR count). The van der Waals surface area contributed by atoms with Crippen LogP contribution in [0, 0.1) is 0 Å². The zero-order valence-corrected chi connectivity index (χ0v) is 14.7. The lowest BCUT2D eigenvalue weighted by Gasteiger charge is -2.35. The van der Waals surface area contributed by atoms with Crippen LogP contribution >= 0.6 is 0 Å². The highest BCUT2D eigenvalue weighted by Gasteiger charge is 2.35. The van der Waals surface area contributed by atoms with Gasteiger partial charge in [-0.2, -0.15) is 12.7 Å². The summed E-state index contributed by atoms with van der Waals surface area (Å²) in [6.45, 7) is 0.150. The van der Waals surface area contributed by atoms with Crippen molar-refractivity contribution in [2.45, 2.75) is 17.4 Å².